The van der Waals surface area contributed by atoms with E-state index in [0.29, 0.717) is 0 Å². The van der Waals surface area contributed by atoms with Crippen LogP contribution in [0.4, 0.5) is 0 Å². The van der Waals surface area contributed by atoms with Crippen molar-refractivity contribution < 1.29 is 0 Å². The summed E-state index contributed by atoms with van der Waals surface area (Å²) in [6.07, 6.45) is 0. The minimum atomic E-state index is 0.0964. The second-order valence-corrected chi connectivity index (χ2v) is 7.07. The summed E-state index contributed by atoms with van der Waals surface area (Å²) in [5.74, 6) is 0. The van der Waals surface area contributed by atoms with Crippen LogP contribution in [0.2, 0.25) is 0 Å². The molecule has 1 nitrogen and oxygen atoms in total. The second kappa shape index (κ2) is 4.08. The number of para-hydroxylation sites is 1. The van der Waals surface area contributed by atoms with Gasteiger partial charge < -0.3 is 0 Å². The zero-order valence-corrected chi connectivity index (χ0v) is 12.3. The van der Waals surface area contributed by atoms with Crippen molar-refractivity contribution in [3.05, 3.63) is 41.6 Å². The van der Waals surface area contributed by atoms with Crippen molar-refractivity contribution in [2.24, 2.45) is 0 Å². The molecular weight excluding hydrogens is 218 g/mol. The Balaban J connectivity index is 2.74. The van der Waals surface area contributed by atoms with Crippen LogP contribution in [0.1, 0.15) is 52.8 Å². The van der Waals surface area contributed by atoms with E-state index in [1.165, 1.54) is 10.9 Å². The number of benzene rings is 1. The molecule has 96 valence electrons. The fourth-order valence-electron chi connectivity index (χ4n) is 2.17. The molecule has 0 saturated carbocycles. The van der Waals surface area contributed by atoms with Gasteiger partial charge in [-0.1, -0.05) is 65.8 Å². The Morgan fingerprint density at radius 2 is 1.44 bits per heavy atom. The minimum Gasteiger partial charge on any atom is -0.252 e. The summed E-state index contributed by atoms with van der Waals surface area (Å²) in [6.45, 7) is 13.4. The standard InChI is InChI=1S/C17H23N/c1-16(2,3)13-9-7-8-12-10-11-14(17(4,5)6)18-15(12)13/h7-11H,1-6H3. The highest BCUT2D eigenvalue weighted by Crippen LogP contribution is 2.30. The maximum absolute atomic E-state index is 4.91. The molecule has 18 heavy (non-hydrogen) atoms. The average Bonchev–Trinajstić information content (AvgIpc) is 2.25. The lowest BCUT2D eigenvalue weighted by Crippen LogP contribution is -2.16. The fourth-order valence-corrected chi connectivity index (χ4v) is 2.17. The van der Waals surface area contributed by atoms with Gasteiger partial charge in [0.1, 0.15) is 0 Å². The van der Waals surface area contributed by atoms with Crippen molar-refractivity contribution in [2.75, 3.05) is 0 Å². The molecule has 0 bridgehead atoms. The normalized spacial score (nSPS) is 13.0. The minimum absolute atomic E-state index is 0.0964. The molecule has 0 spiro atoms. The van der Waals surface area contributed by atoms with E-state index >= 15 is 0 Å². The van der Waals surface area contributed by atoms with E-state index in [2.05, 4.69) is 71.9 Å². The Hall–Kier alpha value is -1.37. The first-order chi connectivity index (χ1) is 8.19. The van der Waals surface area contributed by atoms with Crippen LogP contribution < -0.4 is 0 Å². The first-order valence-electron chi connectivity index (χ1n) is 6.60. The summed E-state index contributed by atoms with van der Waals surface area (Å²) >= 11 is 0. The van der Waals surface area contributed by atoms with Crippen LogP contribution in [0.25, 0.3) is 10.9 Å². The average molecular weight is 241 g/mol. The zero-order valence-electron chi connectivity index (χ0n) is 12.3. The van der Waals surface area contributed by atoms with Gasteiger partial charge in [-0.3, -0.25) is 4.98 Å². The molecule has 1 heterocycles. The lowest BCUT2D eigenvalue weighted by atomic mass is 9.84. The lowest BCUT2D eigenvalue weighted by molar-refractivity contribution is 0.568. The zero-order chi connectivity index (χ0) is 13.6. The van der Waals surface area contributed by atoms with Gasteiger partial charge in [-0.25, -0.2) is 0 Å². The second-order valence-electron chi connectivity index (χ2n) is 7.07. The highest BCUT2D eigenvalue weighted by atomic mass is 14.7. The molecule has 2 aromatic rings. The van der Waals surface area contributed by atoms with Crippen molar-refractivity contribution in [2.45, 2.75) is 52.4 Å². The van der Waals surface area contributed by atoms with E-state index in [4.69, 9.17) is 4.98 Å². The number of pyridine rings is 1. The molecule has 0 amide bonds. The summed E-state index contributed by atoms with van der Waals surface area (Å²) in [6, 6.07) is 10.8. The maximum Gasteiger partial charge on any atom is 0.0742 e. The molecule has 0 aliphatic heterocycles. The van der Waals surface area contributed by atoms with Crippen molar-refractivity contribution in [3.8, 4) is 0 Å². The highest BCUT2D eigenvalue weighted by molar-refractivity contribution is 5.83. The summed E-state index contributed by atoms with van der Waals surface area (Å²) in [5.41, 5.74) is 3.86. The van der Waals surface area contributed by atoms with Gasteiger partial charge in [0.25, 0.3) is 0 Å². The maximum atomic E-state index is 4.91. The lowest BCUT2D eigenvalue weighted by Gasteiger charge is -2.23. The van der Waals surface area contributed by atoms with Crippen LogP contribution in [0, 0.1) is 0 Å². The SMILES string of the molecule is CC(C)(C)c1ccc2cccc(C(C)(C)C)c2n1. The molecule has 1 heteroatoms. The van der Waals surface area contributed by atoms with Crippen molar-refractivity contribution >= 4 is 10.9 Å². The van der Waals surface area contributed by atoms with Crippen LogP contribution >= 0.6 is 0 Å². The number of nitrogens with zero attached hydrogens (tertiary/aromatic N) is 1. The van der Waals surface area contributed by atoms with Gasteiger partial charge in [-0.05, 0) is 17.0 Å². The Morgan fingerprint density at radius 1 is 0.778 bits per heavy atom. The van der Waals surface area contributed by atoms with Gasteiger partial charge in [0.05, 0.1) is 5.52 Å². The van der Waals surface area contributed by atoms with Crippen molar-refractivity contribution in [3.63, 3.8) is 0 Å². The summed E-state index contributed by atoms with van der Waals surface area (Å²) < 4.78 is 0. The molecule has 0 fully saturated rings. The van der Waals surface area contributed by atoms with Gasteiger partial charge >= 0.3 is 0 Å². The molecule has 0 unspecified atom stereocenters. The summed E-state index contributed by atoms with van der Waals surface area (Å²) in [7, 11) is 0. The monoisotopic (exact) mass is 241 g/mol. The van der Waals surface area contributed by atoms with E-state index < -0.39 is 0 Å². The Morgan fingerprint density at radius 3 is 2.00 bits per heavy atom. The van der Waals surface area contributed by atoms with E-state index in [-0.39, 0.29) is 10.8 Å². The molecule has 0 radical (unpaired) electrons. The van der Waals surface area contributed by atoms with Crippen LogP contribution in [-0.4, -0.2) is 4.98 Å². The highest BCUT2D eigenvalue weighted by Gasteiger charge is 2.20. The number of aromatic nitrogens is 1. The van der Waals surface area contributed by atoms with Gasteiger partial charge in [0, 0.05) is 16.5 Å². The summed E-state index contributed by atoms with van der Waals surface area (Å²) in [5, 5.41) is 1.23. The quantitative estimate of drug-likeness (QED) is 0.643. The third kappa shape index (κ3) is 2.40. The van der Waals surface area contributed by atoms with Gasteiger partial charge in [-0.2, -0.15) is 0 Å². The molecular formula is C17H23N. The van der Waals surface area contributed by atoms with Crippen LogP contribution in [-0.2, 0) is 10.8 Å². The molecule has 0 saturated heterocycles. The van der Waals surface area contributed by atoms with E-state index in [0.717, 1.165) is 11.2 Å². The smallest absolute Gasteiger partial charge is 0.0742 e. The molecule has 1 aromatic carbocycles. The summed E-state index contributed by atoms with van der Waals surface area (Å²) in [4.78, 5) is 4.91. The molecule has 1 aromatic heterocycles. The number of rotatable bonds is 0. The molecule has 0 aliphatic carbocycles. The number of hydrogen-bond acceptors (Lipinski definition) is 1. The van der Waals surface area contributed by atoms with E-state index in [1.54, 1.807) is 0 Å². The molecule has 0 N–H and O–H groups in total. The number of hydrogen-bond donors (Lipinski definition) is 0. The third-order valence-corrected chi connectivity index (χ3v) is 3.30. The van der Waals surface area contributed by atoms with Crippen molar-refractivity contribution in [1.82, 2.24) is 4.98 Å². The Labute approximate surface area is 110 Å². The van der Waals surface area contributed by atoms with Gasteiger partial charge in [0.2, 0.25) is 0 Å². The van der Waals surface area contributed by atoms with Crippen molar-refractivity contribution in [1.29, 1.82) is 0 Å². The van der Waals surface area contributed by atoms with Crippen LogP contribution in [0.15, 0.2) is 30.3 Å². The first-order valence-corrected chi connectivity index (χ1v) is 6.60. The largest absolute Gasteiger partial charge is 0.252 e. The predicted molar refractivity (Wildman–Crippen MR) is 79.1 cm³/mol. The van der Waals surface area contributed by atoms with Crippen LogP contribution in [0.3, 0.4) is 0 Å². The first kappa shape index (κ1) is 13.1. The van der Waals surface area contributed by atoms with E-state index in [9.17, 15) is 0 Å². The fraction of sp³-hybridized carbons (Fsp3) is 0.471. The Bertz CT molecular complexity index is 568. The van der Waals surface area contributed by atoms with Crippen LogP contribution in [0.5, 0.6) is 0 Å². The molecule has 2 rings (SSSR count). The third-order valence-electron chi connectivity index (χ3n) is 3.30. The van der Waals surface area contributed by atoms with E-state index in [1.807, 2.05) is 0 Å². The topological polar surface area (TPSA) is 12.9 Å². The molecule has 0 atom stereocenters. The number of fused-ring (bicyclic) bond motifs is 1. The molecule has 0 aliphatic rings. The Kier molecular flexibility index (Phi) is 2.96. The predicted octanol–water partition coefficient (Wildman–Crippen LogP) is 4.83. The van der Waals surface area contributed by atoms with Gasteiger partial charge in [-0.15, -0.1) is 0 Å². The van der Waals surface area contributed by atoms with Gasteiger partial charge in [0.15, 0.2) is 0 Å².